The van der Waals surface area contributed by atoms with E-state index >= 15 is 0 Å². The van der Waals surface area contributed by atoms with Crippen molar-refractivity contribution < 1.29 is 195 Å². The van der Waals surface area contributed by atoms with Crippen molar-refractivity contribution >= 4 is 77.0 Å². The summed E-state index contributed by atoms with van der Waals surface area (Å²) < 4.78 is 34.1. The number of fused-ring (bicyclic) bond motifs is 4. The number of hydrogen-bond acceptors (Lipinski definition) is 6. The summed E-state index contributed by atoms with van der Waals surface area (Å²) in [7, 11) is -5.17. The Hall–Kier alpha value is 1.37. The van der Waals surface area contributed by atoms with Gasteiger partial charge in [0, 0.05) is 10.4 Å². The fourth-order valence-corrected chi connectivity index (χ4v) is 7.25. The third-order valence-corrected chi connectivity index (χ3v) is 9.31. The SMILES string of the molecule is O=S(=O)([O-])[O-].[Na+].[Na+].[Na+].[Na+].[Na+].[Na+].[c-]1cccc2cccc(Sc3cccc4ccc[c-]c34)c12.[c-]1cccc2cccc(Sc3cccc4ccc[c-]c34)c12. The standard InChI is InChI=1S/2C20H12S.6Na.H2O4S/c2*1-3-11-17-15(7-1)9-5-13-19(17)21-20-14-6-10-16-8-2-4-12-18(16)20;;;;;;;1-5(2,3)4/h2*1-10,13-14H;;;;;;;(H2,1,2,3,4)/q2*-2;6*+1;/p-2. The maximum Gasteiger partial charge on any atom is 1.00 e. The van der Waals surface area contributed by atoms with Crippen molar-refractivity contribution in [2.24, 2.45) is 0 Å². The van der Waals surface area contributed by atoms with E-state index in [0.29, 0.717) is 0 Å². The molecule has 0 bridgehead atoms. The summed E-state index contributed by atoms with van der Waals surface area (Å²) in [6.45, 7) is 0. The summed E-state index contributed by atoms with van der Waals surface area (Å²) in [4.78, 5) is 4.94. The van der Waals surface area contributed by atoms with Crippen LogP contribution in [0.2, 0.25) is 0 Å². The zero-order chi connectivity index (χ0) is 32.6. The molecule has 0 aliphatic heterocycles. The molecule has 8 aromatic rings. The van der Waals surface area contributed by atoms with Crippen LogP contribution in [0.5, 0.6) is 0 Å². The van der Waals surface area contributed by atoms with Gasteiger partial charge in [0.25, 0.3) is 0 Å². The van der Waals surface area contributed by atoms with Crippen molar-refractivity contribution in [1.82, 2.24) is 0 Å². The van der Waals surface area contributed by atoms with Crippen molar-refractivity contribution in [3.63, 3.8) is 0 Å². The third kappa shape index (κ3) is 16.2. The Bertz CT molecular complexity index is 2110. The molecule has 0 amide bonds. The molecule has 8 rings (SSSR count). The molecule has 0 aliphatic carbocycles. The van der Waals surface area contributed by atoms with E-state index in [1.807, 2.05) is 48.5 Å². The van der Waals surface area contributed by atoms with Crippen molar-refractivity contribution in [3.8, 4) is 0 Å². The molecule has 0 spiro atoms. The minimum absolute atomic E-state index is 0. The summed E-state index contributed by atoms with van der Waals surface area (Å²) in [5, 5.41) is 9.63. The second-order valence-electron chi connectivity index (χ2n) is 10.2. The first kappa shape index (κ1) is 54.4. The van der Waals surface area contributed by atoms with Crippen LogP contribution in [0, 0.1) is 24.3 Å². The molecule has 4 nitrogen and oxygen atoms in total. The van der Waals surface area contributed by atoms with Gasteiger partial charge in [-0.05, 0) is 0 Å². The quantitative estimate of drug-likeness (QED) is 0.0763. The Morgan fingerprint density at radius 1 is 0.358 bits per heavy atom. The number of hydrogen-bond donors (Lipinski definition) is 0. The fraction of sp³-hybridized carbons (Fsp3) is 0. The largest absolute Gasteiger partial charge is 1.00 e. The molecule has 53 heavy (non-hydrogen) atoms. The van der Waals surface area contributed by atoms with Crippen LogP contribution in [0.3, 0.4) is 0 Å². The average molecular weight is 803 g/mol. The van der Waals surface area contributed by atoms with Crippen molar-refractivity contribution in [2.45, 2.75) is 19.6 Å². The van der Waals surface area contributed by atoms with E-state index < -0.39 is 10.4 Å². The van der Waals surface area contributed by atoms with Gasteiger partial charge in [0.05, 0.1) is 0 Å². The minimum Gasteiger partial charge on any atom is -0.759 e. The summed E-state index contributed by atoms with van der Waals surface area (Å²) >= 11 is 3.57. The molecule has 0 saturated carbocycles. The van der Waals surface area contributed by atoms with Gasteiger partial charge < -0.3 is 9.11 Å². The van der Waals surface area contributed by atoms with Crippen molar-refractivity contribution in [1.29, 1.82) is 0 Å². The zero-order valence-corrected chi connectivity index (χ0v) is 45.2. The van der Waals surface area contributed by atoms with Gasteiger partial charge in [-0.3, -0.25) is 8.42 Å². The maximum absolute atomic E-state index is 8.52. The second-order valence-corrected chi connectivity index (χ2v) is 13.2. The van der Waals surface area contributed by atoms with Gasteiger partial charge in [-0.25, -0.2) is 0 Å². The molecule has 0 saturated heterocycles. The van der Waals surface area contributed by atoms with Crippen molar-refractivity contribution in [2.75, 3.05) is 0 Å². The predicted octanol–water partition coefficient (Wildman–Crippen LogP) is -7.82. The van der Waals surface area contributed by atoms with Gasteiger partial charge in [-0.15, -0.1) is 140 Å². The van der Waals surface area contributed by atoms with Gasteiger partial charge in [0.1, 0.15) is 0 Å². The van der Waals surface area contributed by atoms with Gasteiger partial charge in [-0.2, -0.15) is 23.5 Å². The van der Waals surface area contributed by atoms with E-state index in [4.69, 9.17) is 17.5 Å². The summed E-state index contributed by atoms with van der Waals surface area (Å²) in [5.74, 6) is 0. The minimum atomic E-state index is -5.17. The van der Waals surface area contributed by atoms with E-state index in [-0.39, 0.29) is 177 Å². The van der Waals surface area contributed by atoms with Crippen LogP contribution in [0.1, 0.15) is 0 Å². The van der Waals surface area contributed by atoms with Gasteiger partial charge in [-0.1, -0.05) is 92.4 Å². The Balaban J connectivity index is 0.000000823. The Labute approximate surface area is 453 Å². The normalized spacial score (nSPS) is 9.85. The van der Waals surface area contributed by atoms with E-state index in [1.54, 1.807) is 23.5 Å². The van der Waals surface area contributed by atoms with Crippen LogP contribution in [-0.2, 0) is 10.4 Å². The van der Waals surface area contributed by atoms with Crippen molar-refractivity contribution in [3.05, 3.63) is 170 Å². The summed E-state index contributed by atoms with van der Waals surface area (Å²) in [5.41, 5.74) is 0. The zero-order valence-electron chi connectivity index (χ0n) is 30.7. The van der Waals surface area contributed by atoms with E-state index in [1.165, 1.54) is 62.7 Å². The molecule has 0 aliphatic rings. The van der Waals surface area contributed by atoms with Crippen LogP contribution >= 0.6 is 23.5 Å². The molecule has 13 heteroatoms. The van der Waals surface area contributed by atoms with E-state index in [9.17, 15) is 0 Å². The van der Waals surface area contributed by atoms with E-state index in [2.05, 4.69) is 121 Å². The summed E-state index contributed by atoms with van der Waals surface area (Å²) in [6.07, 6.45) is 0. The van der Waals surface area contributed by atoms with Gasteiger partial charge in [0.2, 0.25) is 0 Å². The molecule has 0 radical (unpaired) electrons. The first-order chi connectivity index (χ1) is 22.8. The van der Waals surface area contributed by atoms with Crippen LogP contribution < -0.4 is 177 Å². The topological polar surface area (TPSA) is 80.3 Å². The molecular weight excluding hydrogens is 779 g/mol. The predicted molar refractivity (Wildman–Crippen MR) is 190 cm³/mol. The molecule has 0 aromatic heterocycles. The second kappa shape index (κ2) is 27.2. The Kier molecular flexibility index (Phi) is 27.9. The first-order valence-electron chi connectivity index (χ1n) is 14.4. The fourth-order valence-electron chi connectivity index (χ4n) is 5.08. The average Bonchev–Trinajstić information content (AvgIpc) is 3.09. The monoisotopic (exact) mass is 802 g/mol. The Morgan fingerprint density at radius 3 is 0.755 bits per heavy atom. The number of benzene rings is 8. The van der Waals surface area contributed by atoms with E-state index in [0.717, 1.165) is 0 Å². The van der Waals surface area contributed by atoms with Gasteiger partial charge >= 0.3 is 177 Å². The van der Waals surface area contributed by atoms with Crippen LogP contribution in [0.25, 0.3) is 43.1 Å². The van der Waals surface area contributed by atoms with Gasteiger partial charge in [0.15, 0.2) is 0 Å². The molecule has 0 N–H and O–H groups in total. The molecular formula is C40H24Na6O4S3. The van der Waals surface area contributed by atoms with Crippen LogP contribution in [-0.4, -0.2) is 17.5 Å². The first-order valence-corrected chi connectivity index (χ1v) is 17.4. The molecule has 8 aromatic carbocycles. The molecule has 0 fully saturated rings. The smallest absolute Gasteiger partial charge is 0.759 e. The third-order valence-electron chi connectivity index (χ3n) is 7.07. The van der Waals surface area contributed by atoms with Crippen LogP contribution in [0.15, 0.2) is 165 Å². The Morgan fingerprint density at radius 2 is 0.547 bits per heavy atom. The molecule has 0 atom stereocenters. The molecule has 0 unspecified atom stereocenters. The van der Waals surface area contributed by atoms with Crippen LogP contribution in [0.4, 0.5) is 0 Å². The number of rotatable bonds is 4. The maximum atomic E-state index is 8.52. The molecule has 0 heterocycles. The molecule has 232 valence electrons. The summed E-state index contributed by atoms with van der Waals surface area (Å²) in [6, 6.07) is 63.5.